The van der Waals surface area contributed by atoms with Gasteiger partial charge in [-0.05, 0) is 18.9 Å². The first kappa shape index (κ1) is 10.5. The second-order valence-electron chi connectivity index (χ2n) is 4.35. The summed E-state index contributed by atoms with van der Waals surface area (Å²) in [4.78, 5) is 4.78. The van der Waals surface area contributed by atoms with E-state index < -0.39 is 0 Å². The summed E-state index contributed by atoms with van der Waals surface area (Å²) < 4.78 is 0. The molecule has 0 atom stereocenters. The Bertz CT molecular complexity index is 590. The molecule has 0 aliphatic heterocycles. The number of fused-ring (bicyclic) bond motifs is 1. The molecule has 17 heavy (non-hydrogen) atoms. The predicted molar refractivity (Wildman–Crippen MR) is 74.3 cm³/mol. The number of hydrogen-bond donors (Lipinski definition) is 2. The van der Waals surface area contributed by atoms with Crippen LogP contribution in [0.15, 0.2) is 30.5 Å². The maximum atomic E-state index is 5.75. The van der Waals surface area contributed by atoms with Crippen LogP contribution in [-0.2, 0) is 0 Å². The first-order chi connectivity index (χ1) is 8.25. The lowest BCUT2D eigenvalue weighted by molar-refractivity contribution is 1.16. The molecule has 3 N–H and O–H groups in total. The van der Waals surface area contributed by atoms with Gasteiger partial charge >= 0.3 is 0 Å². The van der Waals surface area contributed by atoms with E-state index in [0.29, 0.717) is 11.0 Å². The largest absolute Gasteiger partial charge is 0.389 e. The highest BCUT2D eigenvalue weighted by molar-refractivity contribution is 7.80. The highest BCUT2D eigenvalue weighted by atomic mass is 32.1. The number of nitrogens with two attached hydrogens (primary N) is 1. The lowest BCUT2D eigenvalue weighted by atomic mass is 10.1. The minimum atomic E-state index is 0.395. The van der Waals surface area contributed by atoms with Crippen LogP contribution in [0.3, 0.4) is 0 Å². The topological polar surface area (TPSA) is 50.9 Å². The number of pyridine rings is 1. The number of para-hydroxylation sites is 1. The molecule has 1 aliphatic carbocycles. The van der Waals surface area contributed by atoms with Crippen molar-refractivity contribution < 1.29 is 0 Å². The first-order valence-corrected chi connectivity index (χ1v) is 6.10. The smallest absolute Gasteiger partial charge is 0.107 e. The molecule has 3 nitrogen and oxygen atoms in total. The number of aromatic nitrogens is 1. The van der Waals surface area contributed by atoms with Crippen molar-refractivity contribution in [2.24, 2.45) is 5.73 Å². The fourth-order valence-corrected chi connectivity index (χ4v) is 2.07. The van der Waals surface area contributed by atoms with E-state index in [9.17, 15) is 0 Å². The Kier molecular flexibility index (Phi) is 2.44. The molecule has 0 amide bonds. The van der Waals surface area contributed by atoms with Crippen molar-refractivity contribution in [1.82, 2.24) is 4.98 Å². The van der Waals surface area contributed by atoms with E-state index in [-0.39, 0.29) is 0 Å². The SMILES string of the molecule is NC(=S)c1cnc2ccccc2c1NC1CC1. The van der Waals surface area contributed by atoms with Crippen LogP contribution in [0.2, 0.25) is 0 Å². The van der Waals surface area contributed by atoms with E-state index >= 15 is 0 Å². The van der Waals surface area contributed by atoms with Gasteiger partial charge in [0.15, 0.2) is 0 Å². The summed E-state index contributed by atoms with van der Waals surface area (Å²) in [5.41, 5.74) is 8.59. The van der Waals surface area contributed by atoms with Crippen LogP contribution in [0.5, 0.6) is 0 Å². The molecule has 1 aliphatic rings. The minimum absolute atomic E-state index is 0.395. The van der Waals surface area contributed by atoms with Crippen molar-refractivity contribution in [1.29, 1.82) is 0 Å². The zero-order valence-corrected chi connectivity index (χ0v) is 10.1. The van der Waals surface area contributed by atoms with Crippen molar-refractivity contribution in [2.75, 3.05) is 5.32 Å². The van der Waals surface area contributed by atoms with Gasteiger partial charge in [0.25, 0.3) is 0 Å². The van der Waals surface area contributed by atoms with Gasteiger partial charge in [-0.1, -0.05) is 30.4 Å². The van der Waals surface area contributed by atoms with E-state index in [1.54, 1.807) is 6.20 Å². The molecule has 0 spiro atoms. The van der Waals surface area contributed by atoms with Crippen LogP contribution in [0.25, 0.3) is 10.9 Å². The summed E-state index contributed by atoms with van der Waals surface area (Å²) in [5, 5.41) is 4.59. The molecule has 1 fully saturated rings. The lowest BCUT2D eigenvalue weighted by Crippen LogP contribution is -2.15. The summed E-state index contributed by atoms with van der Waals surface area (Å²) in [6.45, 7) is 0. The molecule has 1 heterocycles. The van der Waals surface area contributed by atoms with Gasteiger partial charge in [0.05, 0.1) is 16.8 Å². The molecule has 86 valence electrons. The quantitative estimate of drug-likeness (QED) is 0.813. The summed E-state index contributed by atoms with van der Waals surface area (Å²) in [6, 6.07) is 8.60. The first-order valence-electron chi connectivity index (χ1n) is 5.70. The fraction of sp³-hybridized carbons (Fsp3) is 0.231. The molecular weight excluding hydrogens is 230 g/mol. The third-order valence-corrected chi connectivity index (χ3v) is 3.19. The third-order valence-electron chi connectivity index (χ3n) is 2.97. The summed E-state index contributed by atoms with van der Waals surface area (Å²) >= 11 is 5.08. The third kappa shape index (κ3) is 1.96. The van der Waals surface area contributed by atoms with Crippen LogP contribution < -0.4 is 11.1 Å². The van der Waals surface area contributed by atoms with E-state index in [4.69, 9.17) is 18.0 Å². The Morgan fingerprint density at radius 2 is 2.12 bits per heavy atom. The van der Waals surface area contributed by atoms with Crippen molar-refractivity contribution in [3.05, 3.63) is 36.0 Å². The number of rotatable bonds is 3. The maximum Gasteiger partial charge on any atom is 0.107 e. The number of benzene rings is 1. The zero-order chi connectivity index (χ0) is 11.8. The molecule has 1 aromatic carbocycles. The molecule has 0 saturated heterocycles. The second-order valence-corrected chi connectivity index (χ2v) is 4.79. The average molecular weight is 243 g/mol. The highest BCUT2D eigenvalue weighted by Gasteiger charge is 2.23. The average Bonchev–Trinajstić information content (AvgIpc) is 3.13. The molecule has 1 aromatic heterocycles. The van der Waals surface area contributed by atoms with Crippen molar-refractivity contribution in [2.45, 2.75) is 18.9 Å². The number of anilines is 1. The van der Waals surface area contributed by atoms with Gasteiger partial charge in [0, 0.05) is 17.6 Å². The summed E-state index contributed by atoms with van der Waals surface area (Å²) in [5.74, 6) is 0. The number of hydrogen-bond acceptors (Lipinski definition) is 3. The van der Waals surface area contributed by atoms with Gasteiger partial charge in [-0.15, -0.1) is 0 Å². The molecule has 3 rings (SSSR count). The van der Waals surface area contributed by atoms with Gasteiger partial charge in [-0.2, -0.15) is 0 Å². The molecular formula is C13H13N3S. The number of nitrogens with one attached hydrogen (secondary N) is 1. The molecule has 0 unspecified atom stereocenters. The van der Waals surface area contributed by atoms with Crippen molar-refractivity contribution in [3.8, 4) is 0 Å². The van der Waals surface area contributed by atoms with E-state index in [2.05, 4.69) is 16.4 Å². The van der Waals surface area contributed by atoms with Crippen LogP contribution in [0.4, 0.5) is 5.69 Å². The van der Waals surface area contributed by atoms with E-state index in [0.717, 1.165) is 22.2 Å². The Labute approximate surface area is 105 Å². The van der Waals surface area contributed by atoms with E-state index in [1.807, 2.05) is 18.2 Å². The maximum absolute atomic E-state index is 5.75. The highest BCUT2D eigenvalue weighted by Crippen LogP contribution is 2.31. The summed E-state index contributed by atoms with van der Waals surface area (Å²) in [7, 11) is 0. The predicted octanol–water partition coefficient (Wildman–Crippen LogP) is 2.44. The molecule has 1 saturated carbocycles. The molecule has 0 bridgehead atoms. The van der Waals surface area contributed by atoms with Crippen LogP contribution in [0.1, 0.15) is 18.4 Å². The van der Waals surface area contributed by atoms with Gasteiger partial charge in [-0.3, -0.25) is 4.98 Å². The molecule has 2 aromatic rings. The summed E-state index contributed by atoms with van der Waals surface area (Å²) in [6.07, 6.45) is 4.19. The van der Waals surface area contributed by atoms with E-state index in [1.165, 1.54) is 12.8 Å². The Morgan fingerprint density at radius 1 is 1.35 bits per heavy atom. The minimum Gasteiger partial charge on any atom is -0.389 e. The normalized spacial score (nSPS) is 14.8. The van der Waals surface area contributed by atoms with Crippen LogP contribution in [0, 0.1) is 0 Å². The van der Waals surface area contributed by atoms with Crippen LogP contribution in [-0.4, -0.2) is 16.0 Å². The van der Waals surface area contributed by atoms with Gasteiger partial charge in [0.1, 0.15) is 4.99 Å². The van der Waals surface area contributed by atoms with Gasteiger partial charge in [-0.25, -0.2) is 0 Å². The molecule has 0 radical (unpaired) electrons. The van der Waals surface area contributed by atoms with Crippen molar-refractivity contribution >= 4 is 33.8 Å². The monoisotopic (exact) mass is 243 g/mol. The Morgan fingerprint density at radius 3 is 2.82 bits per heavy atom. The lowest BCUT2D eigenvalue weighted by Gasteiger charge is -2.13. The second kappa shape index (κ2) is 3.96. The Balaban J connectivity index is 2.21. The molecule has 4 heteroatoms. The Hall–Kier alpha value is -1.68. The van der Waals surface area contributed by atoms with Crippen molar-refractivity contribution in [3.63, 3.8) is 0 Å². The number of nitrogens with zero attached hydrogens (tertiary/aromatic N) is 1. The zero-order valence-electron chi connectivity index (χ0n) is 9.31. The van der Waals surface area contributed by atoms with Crippen LogP contribution >= 0.6 is 12.2 Å². The number of thiocarbonyl (C=S) groups is 1. The van der Waals surface area contributed by atoms with Gasteiger partial charge in [0.2, 0.25) is 0 Å². The fourth-order valence-electron chi connectivity index (χ4n) is 1.92. The van der Waals surface area contributed by atoms with Gasteiger partial charge < -0.3 is 11.1 Å². The standard InChI is InChI=1S/C13H13N3S/c14-13(17)10-7-15-11-4-2-1-3-9(11)12(10)16-8-5-6-8/h1-4,7-8H,5-6H2,(H2,14,17)(H,15,16).